The van der Waals surface area contributed by atoms with Crippen LogP contribution >= 0.6 is 0 Å². The number of piperazine rings is 1. The fraction of sp³-hybridized carbons (Fsp3) is 0.429. The maximum Gasteiger partial charge on any atom is 0.0491 e. The van der Waals surface area contributed by atoms with Crippen molar-refractivity contribution in [3.05, 3.63) is 48.5 Å². The van der Waals surface area contributed by atoms with Gasteiger partial charge in [0.15, 0.2) is 0 Å². The summed E-state index contributed by atoms with van der Waals surface area (Å²) in [5, 5.41) is 6.36. The highest BCUT2D eigenvalue weighted by Gasteiger charge is 2.20. The highest BCUT2D eigenvalue weighted by molar-refractivity contribution is 6.07. The quantitative estimate of drug-likeness (QED) is 0.738. The Hall–Kier alpha value is -1.78. The minimum atomic E-state index is 0. The Morgan fingerprint density at radius 3 is 1.92 bits per heavy atom. The van der Waals surface area contributed by atoms with Crippen LogP contribution in [0.5, 0.6) is 0 Å². The Labute approximate surface area is 152 Å². The molecule has 4 heteroatoms. The molecule has 2 heterocycles. The van der Waals surface area contributed by atoms with Crippen molar-refractivity contribution in [3.63, 3.8) is 0 Å². The molecular formula is C21H27BN3. The summed E-state index contributed by atoms with van der Waals surface area (Å²) in [6, 6.07) is 18.8. The minimum Gasteiger partial charge on any atom is -0.340 e. The van der Waals surface area contributed by atoms with Gasteiger partial charge in [-0.05, 0) is 38.9 Å². The fourth-order valence-electron chi connectivity index (χ4n) is 4.32. The van der Waals surface area contributed by atoms with Crippen LogP contribution in [0.25, 0.3) is 21.8 Å². The van der Waals surface area contributed by atoms with Gasteiger partial charge in [-0.2, -0.15) is 0 Å². The third-order valence-corrected chi connectivity index (χ3v) is 5.17. The van der Waals surface area contributed by atoms with Crippen LogP contribution in [-0.2, 0) is 6.54 Å². The van der Waals surface area contributed by atoms with Crippen molar-refractivity contribution >= 4 is 30.2 Å². The van der Waals surface area contributed by atoms with Crippen LogP contribution in [-0.4, -0.2) is 49.6 Å². The molecule has 25 heavy (non-hydrogen) atoms. The SMILES string of the molecule is C[C@@H]1CN(CCCn2c3ccccc3c3ccccc32)C[C@H](C)N1.[B]. The van der Waals surface area contributed by atoms with Gasteiger partial charge in [0.1, 0.15) is 0 Å². The van der Waals surface area contributed by atoms with Gasteiger partial charge in [0.05, 0.1) is 0 Å². The number of para-hydroxylation sites is 2. The number of rotatable bonds is 4. The highest BCUT2D eigenvalue weighted by atomic mass is 15.2. The number of hydrogen-bond acceptors (Lipinski definition) is 2. The van der Waals surface area contributed by atoms with E-state index in [-0.39, 0.29) is 8.41 Å². The maximum atomic E-state index is 3.61. The monoisotopic (exact) mass is 332 g/mol. The average Bonchev–Trinajstić information content (AvgIpc) is 2.89. The van der Waals surface area contributed by atoms with Crippen molar-refractivity contribution in [2.75, 3.05) is 19.6 Å². The van der Waals surface area contributed by atoms with Crippen molar-refractivity contribution in [3.8, 4) is 0 Å². The number of nitrogens with zero attached hydrogens (tertiary/aromatic N) is 2. The first-order valence-corrected chi connectivity index (χ1v) is 9.17. The van der Waals surface area contributed by atoms with E-state index in [1.807, 2.05) is 0 Å². The molecule has 1 N–H and O–H groups in total. The Morgan fingerprint density at radius 2 is 1.36 bits per heavy atom. The molecule has 0 unspecified atom stereocenters. The zero-order chi connectivity index (χ0) is 16.5. The molecule has 2 atom stereocenters. The summed E-state index contributed by atoms with van der Waals surface area (Å²) in [5.41, 5.74) is 2.72. The molecule has 3 radical (unpaired) electrons. The summed E-state index contributed by atoms with van der Waals surface area (Å²) in [7, 11) is 0. The number of aryl methyl sites for hydroxylation is 1. The number of nitrogens with one attached hydrogen (secondary N) is 1. The molecule has 1 fully saturated rings. The number of aromatic nitrogens is 1. The van der Waals surface area contributed by atoms with Crippen molar-refractivity contribution in [2.24, 2.45) is 0 Å². The van der Waals surface area contributed by atoms with E-state index in [0.717, 1.165) is 19.6 Å². The van der Waals surface area contributed by atoms with E-state index in [4.69, 9.17) is 0 Å². The first-order valence-electron chi connectivity index (χ1n) is 9.17. The summed E-state index contributed by atoms with van der Waals surface area (Å²) in [6.45, 7) is 9.16. The largest absolute Gasteiger partial charge is 0.340 e. The van der Waals surface area contributed by atoms with E-state index in [0.29, 0.717) is 12.1 Å². The predicted molar refractivity (Wildman–Crippen MR) is 108 cm³/mol. The van der Waals surface area contributed by atoms with E-state index in [1.54, 1.807) is 0 Å². The Kier molecular flexibility index (Phi) is 5.50. The first-order chi connectivity index (χ1) is 11.7. The first kappa shape index (κ1) is 18.0. The zero-order valence-electron chi connectivity index (χ0n) is 15.3. The average molecular weight is 332 g/mol. The molecular weight excluding hydrogens is 305 g/mol. The summed E-state index contributed by atoms with van der Waals surface area (Å²) >= 11 is 0. The maximum absolute atomic E-state index is 3.61. The van der Waals surface area contributed by atoms with Crippen LogP contribution in [0.2, 0.25) is 0 Å². The van der Waals surface area contributed by atoms with Crippen LogP contribution in [0.3, 0.4) is 0 Å². The van der Waals surface area contributed by atoms with E-state index in [1.165, 1.54) is 34.8 Å². The predicted octanol–water partition coefficient (Wildman–Crippen LogP) is 3.49. The Bertz CT molecular complexity index is 778. The van der Waals surface area contributed by atoms with E-state index < -0.39 is 0 Å². The zero-order valence-corrected chi connectivity index (χ0v) is 15.3. The van der Waals surface area contributed by atoms with Gasteiger partial charge in [-0.3, -0.25) is 0 Å². The molecule has 3 nitrogen and oxygen atoms in total. The second kappa shape index (κ2) is 7.63. The van der Waals surface area contributed by atoms with Crippen molar-refractivity contribution in [1.82, 2.24) is 14.8 Å². The minimum absolute atomic E-state index is 0. The molecule has 0 spiro atoms. The molecule has 1 aliphatic rings. The van der Waals surface area contributed by atoms with Gasteiger partial charge < -0.3 is 14.8 Å². The van der Waals surface area contributed by atoms with Crippen LogP contribution in [0, 0.1) is 0 Å². The van der Waals surface area contributed by atoms with Crippen molar-refractivity contribution in [1.29, 1.82) is 0 Å². The number of benzene rings is 2. The molecule has 2 aromatic carbocycles. The lowest BCUT2D eigenvalue weighted by Gasteiger charge is -2.36. The Morgan fingerprint density at radius 1 is 0.840 bits per heavy atom. The summed E-state index contributed by atoms with van der Waals surface area (Å²) in [5.74, 6) is 0. The topological polar surface area (TPSA) is 20.2 Å². The van der Waals surface area contributed by atoms with E-state index in [2.05, 4.69) is 77.2 Å². The van der Waals surface area contributed by atoms with Gasteiger partial charge in [-0.15, -0.1) is 0 Å². The van der Waals surface area contributed by atoms with Gasteiger partial charge in [0, 0.05) is 61.9 Å². The molecule has 4 rings (SSSR count). The molecule has 1 aromatic heterocycles. The third-order valence-electron chi connectivity index (χ3n) is 5.17. The molecule has 0 aliphatic carbocycles. The number of fused-ring (bicyclic) bond motifs is 3. The van der Waals surface area contributed by atoms with Crippen LogP contribution < -0.4 is 5.32 Å². The van der Waals surface area contributed by atoms with E-state index in [9.17, 15) is 0 Å². The van der Waals surface area contributed by atoms with E-state index >= 15 is 0 Å². The van der Waals surface area contributed by atoms with Crippen LogP contribution in [0.15, 0.2) is 48.5 Å². The molecule has 1 aliphatic heterocycles. The van der Waals surface area contributed by atoms with Crippen molar-refractivity contribution < 1.29 is 0 Å². The van der Waals surface area contributed by atoms with Gasteiger partial charge >= 0.3 is 0 Å². The lowest BCUT2D eigenvalue weighted by molar-refractivity contribution is 0.170. The molecule has 129 valence electrons. The van der Waals surface area contributed by atoms with Gasteiger partial charge in [-0.1, -0.05) is 36.4 Å². The number of hydrogen-bond donors (Lipinski definition) is 1. The highest BCUT2D eigenvalue weighted by Crippen LogP contribution is 2.28. The third kappa shape index (κ3) is 3.60. The molecule has 0 amide bonds. The molecule has 1 saturated heterocycles. The molecule has 0 bridgehead atoms. The van der Waals surface area contributed by atoms with Gasteiger partial charge in [0.2, 0.25) is 0 Å². The fourth-order valence-corrected chi connectivity index (χ4v) is 4.32. The standard InChI is InChI=1S/C21H27N3.B/c1-16-14-23(15-17(2)22-16)12-7-13-24-20-10-5-3-8-18(20)19-9-4-6-11-21(19)24;/h3-6,8-11,16-17,22H,7,12-15H2,1-2H3;/t16-,17+;. The normalized spacial score (nSPS) is 21.5. The lowest BCUT2D eigenvalue weighted by atomic mass is 10.1. The summed E-state index contributed by atoms with van der Waals surface area (Å²) in [4.78, 5) is 2.61. The summed E-state index contributed by atoms with van der Waals surface area (Å²) in [6.07, 6.45) is 1.20. The lowest BCUT2D eigenvalue weighted by Crippen LogP contribution is -2.54. The van der Waals surface area contributed by atoms with Crippen LogP contribution in [0.4, 0.5) is 0 Å². The Balaban J connectivity index is 0.00000182. The van der Waals surface area contributed by atoms with Gasteiger partial charge in [0.25, 0.3) is 0 Å². The molecule has 3 aromatic rings. The van der Waals surface area contributed by atoms with Gasteiger partial charge in [-0.25, -0.2) is 0 Å². The second-order valence-electron chi connectivity index (χ2n) is 7.27. The van der Waals surface area contributed by atoms with Crippen molar-refractivity contribution in [2.45, 2.75) is 38.9 Å². The second-order valence-corrected chi connectivity index (χ2v) is 7.27. The smallest absolute Gasteiger partial charge is 0.0491 e. The van der Waals surface area contributed by atoms with Crippen LogP contribution in [0.1, 0.15) is 20.3 Å². The summed E-state index contributed by atoms with van der Waals surface area (Å²) < 4.78 is 2.50. The molecule has 0 saturated carbocycles.